The van der Waals surface area contributed by atoms with Crippen LogP contribution in [0.2, 0.25) is 0 Å². The number of sulfonamides is 1. The monoisotopic (exact) mass is 501 g/mol. The van der Waals surface area contributed by atoms with E-state index in [0.717, 1.165) is 17.9 Å². The van der Waals surface area contributed by atoms with Crippen molar-refractivity contribution in [2.75, 3.05) is 10.5 Å². The van der Waals surface area contributed by atoms with Crippen molar-refractivity contribution in [1.29, 1.82) is 0 Å². The highest BCUT2D eigenvalue weighted by atomic mass is 32.2. The Morgan fingerprint density at radius 1 is 1.03 bits per heavy atom. The lowest BCUT2D eigenvalue weighted by Gasteiger charge is -2.13. The molecule has 3 aromatic carbocycles. The largest absolute Gasteiger partial charge is 0.454 e. The average molecular weight is 501 g/mol. The molecule has 2 heterocycles. The fourth-order valence-electron chi connectivity index (χ4n) is 3.22. The van der Waals surface area contributed by atoms with Crippen LogP contribution < -0.4 is 15.2 Å². The second-order valence-corrected chi connectivity index (χ2v) is 9.37. The van der Waals surface area contributed by atoms with E-state index in [0.29, 0.717) is 34.2 Å². The quantitative estimate of drug-likeness (QED) is 0.339. The zero-order valence-electron chi connectivity index (χ0n) is 16.9. The van der Waals surface area contributed by atoms with Crippen molar-refractivity contribution in [2.24, 2.45) is 0 Å². The lowest BCUT2D eigenvalue weighted by atomic mass is 10.0. The molecule has 2 aromatic heterocycles. The number of hydrogen-bond donors (Lipinski definition) is 2. The van der Waals surface area contributed by atoms with Crippen LogP contribution in [0.1, 0.15) is 0 Å². The van der Waals surface area contributed by atoms with Crippen molar-refractivity contribution in [2.45, 2.75) is 4.90 Å². The minimum absolute atomic E-state index is 0.0838. The number of hydrogen-bond acceptors (Lipinski definition) is 9. The van der Waals surface area contributed by atoms with E-state index in [1.54, 1.807) is 42.5 Å². The fourth-order valence-corrected chi connectivity index (χ4v) is 4.95. The first-order valence-corrected chi connectivity index (χ1v) is 11.8. The number of nitrogens with one attached hydrogen (secondary N) is 1. The van der Waals surface area contributed by atoms with Crippen LogP contribution in [-0.2, 0) is 10.0 Å². The number of halogens is 2. The van der Waals surface area contributed by atoms with Gasteiger partial charge in [-0.05, 0) is 23.8 Å². The van der Waals surface area contributed by atoms with Gasteiger partial charge in [-0.25, -0.2) is 22.2 Å². The Morgan fingerprint density at radius 3 is 2.65 bits per heavy atom. The summed E-state index contributed by atoms with van der Waals surface area (Å²) in [5, 5.41) is 4.21. The third-order valence-electron chi connectivity index (χ3n) is 4.77. The fraction of sp³-hybridized carbons (Fsp3) is 0. The Bertz CT molecular complexity index is 1620. The van der Waals surface area contributed by atoms with Gasteiger partial charge in [0.1, 0.15) is 22.8 Å². The second kappa shape index (κ2) is 8.35. The predicted octanol–water partition coefficient (Wildman–Crippen LogP) is 4.80. The summed E-state index contributed by atoms with van der Waals surface area (Å²) in [6.45, 7) is 0. The number of aromatic nitrogens is 3. The highest BCUT2D eigenvalue weighted by Crippen LogP contribution is 2.37. The molecule has 5 aromatic rings. The molecule has 172 valence electrons. The van der Waals surface area contributed by atoms with Crippen LogP contribution in [0.25, 0.3) is 22.1 Å². The predicted molar refractivity (Wildman–Crippen MR) is 121 cm³/mol. The van der Waals surface area contributed by atoms with Crippen LogP contribution in [-0.4, -0.2) is 22.9 Å². The summed E-state index contributed by atoms with van der Waals surface area (Å²) in [5.74, 6) is -2.36. The Balaban J connectivity index is 1.49. The molecule has 0 saturated carbocycles. The van der Waals surface area contributed by atoms with Crippen LogP contribution in [0.5, 0.6) is 11.5 Å². The molecule has 0 unspecified atom stereocenters. The van der Waals surface area contributed by atoms with E-state index < -0.39 is 32.3 Å². The number of anilines is 2. The summed E-state index contributed by atoms with van der Waals surface area (Å²) in [5.41, 5.74) is 7.54. The van der Waals surface area contributed by atoms with Gasteiger partial charge in [-0.15, -0.1) is 0 Å². The van der Waals surface area contributed by atoms with Crippen LogP contribution in [0, 0.1) is 11.6 Å². The Kier molecular flexibility index (Phi) is 5.34. The van der Waals surface area contributed by atoms with Crippen LogP contribution >= 0.6 is 11.5 Å². The van der Waals surface area contributed by atoms with Crippen molar-refractivity contribution in [3.8, 4) is 22.6 Å². The first kappa shape index (κ1) is 21.7. The number of para-hydroxylation sites is 1. The molecule has 0 amide bonds. The number of nitrogen functional groups attached to an aromatic ring is 1. The van der Waals surface area contributed by atoms with Crippen LogP contribution in [0.4, 0.5) is 19.7 Å². The molecular weight excluding hydrogens is 488 g/mol. The number of nitrogens with two attached hydrogens (primary N) is 1. The molecule has 0 aliphatic rings. The number of ether oxygens (including phenoxy) is 1. The molecular formula is C21H13F2N5O4S2. The smallest absolute Gasteiger partial charge is 0.266 e. The molecule has 0 spiro atoms. The number of rotatable bonds is 6. The van der Waals surface area contributed by atoms with Crippen molar-refractivity contribution < 1.29 is 26.5 Å². The maximum absolute atomic E-state index is 14.8. The van der Waals surface area contributed by atoms with Gasteiger partial charge in [0.2, 0.25) is 5.13 Å². The molecule has 0 aliphatic carbocycles. The van der Waals surface area contributed by atoms with Gasteiger partial charge in [-0.3, -0.25) is 4.72 Å². The Morgan fingerprint density at radius 2 is 1.85 bits per heavy atom. The molecule has 0 atom stereocenters. The number of nitrogens with zero attached hydrogens (tertiary/aromatic N) is 3. The van der Waals surface area contributed by atoms with E-state index in [2.05, 4.69) is 14.5 Å². The topological polar surface area (TPSA) is 133 Å². The van der Waals surface area contributed by atoms with E-state index in [9.17, 15) is 17.2 Å². The molecule has 0 fully saturated rings. The van der Waals surface area contributed by atoms with Gasteiger partial charge in [-0.2, -0.15) is 4.37 Å². The summed E-state index contributed by atoms with van der Waals surface area (Å²) in [6, 6.07) is 13.0. The van der Waals surface area contributed by atoms with Crippen molar-refractivity contribution in [1.82, 2.24) is 14.5 Å². The molecule has 0 radical (unpaired) electrons. The zero-order chi connectivity index (χ0) is 23.9. The van der Waals surface area contributed by atoms with Gasteiger partial charge in [0.25, 0.3) is 10.0 Å². The molecule has 0 saturated heterocycles. The van der Waals surface area contributed by atoms with E-state index in [1.807, 2.05) is 4.72 Å². The summed E-state index contributed by atoms with van der Waals surface area (Å²) in [4.78, 5) is 2.78. The average Bonchev–Trinajstić information content (AvgIpc) is 3.45. The standard InChI is InChI=1S/C21H13F2N5O4S2/c22-14-9-19(34(29,30)28-21-25-10-26-33-21)15(23)8-18(14)31-16-4-2-1-3-12(16)11-5-6-17-13(7-11)20(24)27-32-17/h1-10H,(H2,24,27)(H,25,26,28). The Hall–Kier alpha value is -4.10. The molecule has 13 heteroatoms. The normalized spacial score (nSPS) is 11.6. The van der Waals surface area contributed by atoms with Crippen molar-refractivity contribution in [3.63, 3.8) is 0 Å². The molecule has 0 bridgehead atoms. The van der Waals surface area contributed by atoms with E-state index in [1.165, 1.54) is 0 Å². The summed E-state index contributed by atoms with van der Waals surface area (Å²) >= 11 is 0.751. The second-order valence-electron chi connectivity index (χ2n) is 6.94. The SMILES string of the molecule is Nc1noc2ccc(-c3ccccc3Oc3cc(F)c(S(=O)(=O)Nc4ncns4)cc3F)cc12. The van der Waals surface area contributed by atoms with E-state index in [-0.39, 0.29) is 16.7 Å². The maximum Gasteiger partial charge on any atom is 0.266 e. The van der Waals surface area contributed by atoms with E-state index >= 15 is 0 Å². The maximum atomic E-state index is 14.8. The van der Waals surface area contributed by atoms with Crippen LogP contribution in [0.3, 0.4) is 0 Å². The lowest BCUT2D eigenvalue weighted by Crippen LogP contribution is -2.15. The number of fused-ring (bicyclic) bond motifs is 1. The van der Waals surface area contributed by atoms with Crippen LogP contribution in [0.15, 0.2) is 70.3 Å². The minimum Gasteiger partial charge on any atom is -0.454 e. The van der Waals surface area contributed by atoms with Gasteiger partial charge in [0, 0.05) is 29.2 Å². The summed E-state index contributed by atoms with van der Waals surface area (Å²) in [7, 11) is -4.44. The van der Waals surface area contributed by atoms with Gasteiger partial charge in [0.05, 0.1) is 5.39 Å². The zero-order valence-corrected chi connectivity index (χ0v) is 18.5. The lowest BCUT2D eigenvalue weighted by molar-refractivity contribution is 0.433. The van der Waals surface area contributed by atoms with E-state index in [4.69, 9.17) is 15.0 Å². The van der Waals surface area contributed by atoms with Gasteiger partial charge >= 0.3 is 0 Å². The first-order chi connectivity index (χ1) is 16.3. The summed E-state index contributed by atoms with van der Waals surface area (Å²) < 4.78 is 70.9. The molecule has 9 nitrogen and oxygen atoms in total. The molecule has 5 rings (SSSR count). The van der Waals surface area contributed by atoms with Gasteiger partial charge < -0.3 is 15.0 Å². The van der Waals surface area contributed by atoms with Gasteiger partial charge in [-0.1, -0.05) is 29.4 Å². The first-order valence-electron chi connectivity index (χ1n) is 9.52. The number of benzene rings is 3. The molecule has 34 heavy (non-hydrogen) atoms. The summed E-state index contributed by atoms with van der Waals surface area (Å²) in [6.07, 6.45) is 1.13. The molecule has 0 aliphatic heterocycles. The van der Waals surface area contributed by atoms with Crippen molar-refractivity contribution >= 4 is 43.5 Å². The highest BCUT2D eigenvalue weighted by molar-refractivity contribution is 7.93. The highest BCUT2D eigenvalue weighted by Gasteiger charge is 2.24. The third kappa shape index (κ3) is 4.02. The third-order valence-corrected chi connectivity index (χ3v) is 6.84. The Labute approximate surface area is 195 Å². The minimum atomic E-state index is -4.44. The van der Waals surface area contributed by atoms with Gasteiger partial charge in [0.15, 0.2) is 23.0 Å². The molecule has 3 N–H and O–H groups in total. The van der Waals surface area contributed by atoms with Crippen molar-refractivity contribution in [3.05, 3.63) is 72.6 Å².